The van der Waals surface area contributed by atoms with Crippen LogP contribution in [0.2, 0.25) is 0 Å². The summed E-state index contributed by atoms with van der Waals surface area (Å²) in [6.45, 7) is 4.19. The number of rotatable bonds is 18. The van der Waals surface area contributed by atoms with Crippen LogP contribution in [0.4, 0.5) is 0 Å². The molecular weight excluding hydrogens is 336 g/mol. The van der Waals surface area contributed by atoms with Crippen LogP contribution in [-0.4, -0.2) is 29.4 Å². The first kappa shape index (κ1) is 24.9. The highest BCUT2D eigenvalue weighted by Crippen LogP contribution is 2.19. The Hall–Kier alpha value is -0.130. The summed E-state index contributed by atoms with van der Waals surface area (Å²) in [5.41, 5.74) is 0. The fourth-order valence-corrected chi connectivity index (χ4v) is 4.19. The van der Waals surface area contributed by atoms with Gasteiger partial charge in [0.15, 0.2) is 0 Å². The molecule has 0 spiro atoms. The highest BCUT2D eigenvalue weighted by Gasteiger charge is 2.21. The molecule has 2 unspecified atom stereocenters. The van der Waals surface area contributed by atoms with E-state index in [0.717, 1.165) is 51.4 Å². The van der Waals surface area contributed by atoms with Crippen LogP contribution in [0.5, 0.6) is 0 Å². The molecule has 0 bridgehead atoms. The minimum atomic E-state index is -3.92. The van der Waals surface area contributed by atoms with Crippen molar-refractivity contribution in [2.45, 2.75) is 128 Å². The molecule has 0 saturated carbocycles. The maximum atomic E-state index is 11.5. The van der Waals surface area contributed by atoms with Crippen LogP contribution in [0.1, 0.15) is 117 Å². The molecule has 5 heteroatoms. The molecule has 4 nitrogen and oxygen atoms in total. The number of aliphatic hydroxyl groups excluding tert-OH is 1. The van der Waals surface area contributed by atoms with Crippen molar-refractivity contribution in [1.29, 1.82) is 0 Å². The molecule has 0 aromatic rings. The lowest BCUT2D eigenvalue weighted by Gasteiger charge is -2.14. The predicted octanol–water partition coefficient (Wildman–Crippen LogP) is 5.89. The Bertz CT molecular complexity index is 381. The summed E-state index contributed by atoms with van der Waals surface area (Å²) in [5.74, 6) is 0. The molecule has 0 amide bonds. The normalized spacial score (nSPS) is 14.6. The molecule has 0 fully saturated rings. The first-order chi connectivity index (χ1) is 11.9. The van der Waals surface area contributed by atoms with E-state index < -0.39 is 15.4 Å². The van der Waals surface area contributed by atoms with Gasteiger partial charge in [-0.25, -0.2) is 0 Å². The van der Waals surface area contributed by atoms with Crippen molar-refractivity contribution in [1.82, 2.24) is 0 Å². The van der Waals surface area contributed by atoms with Gasteiger partial charge in [-0.05, 0) is 25.7 Å². The maximum Gasteiger partial charge on any atom is 0.267 e. The topological polar surface area (TPSA) is 74.6 Å². The number of aliphatic hydroxyl groups is 1. The second-order valence-electron chi connectivity index (χ2n) is 7.45. The Kier molecular flexibility index (Phi) is 16.0. The van der Waals surface area contributed by atoms with Gasteiger partial charge in [0.2, 0.25) is 0 Å². The van der Waals surface area contributed by atoms with E-state index in [0.29, 0.717) is 12.8 Å². The highest BCUT2D eigenvalue weighted by atomic mass is 32.2. The molecule has 0 aromatic carbocycles. The molecule has 0 aliphatic heterocycles. The van der Waals surface area contributed by atoms with Crippen molar-refractivity contribution in [3.05, 3.63) is 0 Å². The third kappa shape index (κ3) is 15.8. The number of hydrogen-bond donors (Lipinski definition) is 2. The van der Waals surface area contributed by atoms with E-state index in [2.05, 4.69) is 6.92 Å². The molecule has 25 heavy (non-hydrogen) atoms. The molecule has 2 N–H and O–H groups in total. The standard InChI is InChI=1S/C20H42O4S/c1-3-5-6-7-8-9-10-14-17-20(25(22,23)24)18-15-12-11-13-16-19(21)4-2/h19-21H,3-18H2,1-2H3,(H,22,23,24). The zero-order chi connectivity index (χ0) is 19.0. The van der Waals surface area contributed by atoms with Gasteiger partial charge in [0.1, 0.15) is 0 Å². The monoisotopic (exact) mass is 378 g/mol. The smallest absolute Gasteiger partial charge is 0.267 e. The molecule has 0 aliphatic carbocycles. The molecule has 0 radical (unpaired) electrons. The Morgan fingerprint density at radius 2 is 1.08 bits per heavy atom. The van der Waals surface area contributed by atoms with E-state index >= 15 is 0 Å². The summed E-state index contributed by atoms with van der Waals surface area (Å²) < 4.78 is 32.5. The quantitative estimate of drug-likeness (QED) is 0.230. The molecule has 152 valence electrons. The Morgan fingerprint density at radius 1 is 0.680 bits per heavy atom. The van der Waals surface area contributed by atoms with Gasteiger partial charge in [0.05, 0.1) is 11.4 Å². The zero-order valence-corrected chi connectivity index (χ0v) is 17.4. The van der Waals surface area contributed by atoms with Crippen molar-refractivity contribution < 1.29 is 18.1 Å². The summed E-state index contributed by atoms with van der Waals surface area (Å²) in [6.07, 6.45) is 15.9. The summed E-state index contributed by atoms with van der Waals surface area (Å²) in [4.78, 5) is 0. The van der Waals surface area contributed by atoms with E-state index in [4.69, 9.17) is 0 Å². The second kappa shape index (κ2) is 16.1. The van der Waals surface area contributed by atoms with Crippen molar-refractivity contribution in [3.8, 4) is 0 Å². The van der Waals surface area contributed by atoms with Crippen LogP contribution in [0, 0.1) is 0 Å². The largest absolute Gasteiger partial charge is 0.393 e. The van der Waals surface area contributed by atoms with Crippen LogP contribution in [0.3, 0.4) is 0 Å². The van der Waals surface area contributed by atoms with Gasteiger partial charge in [0, 0.05) is 0 Å². The molecule has 0 aromatic heterocycles. The first-order valence-corrected chi connectivity index (χ1v) is 12.1. The maximum absolute atomic E-state index is 11.5. The average Bonchev–Trinajstić information content (AvgIpc) is 2.56. The van der Waals surface area contributed by atoms with Crippen LogP contribution in [-0.2, 0) is 10.1 Å². The predicted molar refractivity (Wildman–Crippen MR) is 107 cm³/mol. The lowest BCUT2D eigenvalue weighted by atomic mass is 10.0. The van der Waals surface area contributed by atoms with Crippen LogP contribution < -0.4 is 0 Å². The first-order valence-electron chi connectivity index (χ1n) is 10.6. The molecule has 2 atom stereocenters. The van der Waals surface area contributed by atoms with E-state index in [1.807, 2.05) is 6.92 Å². The summed E-state index contributed by atoms with van der Waals surface area (Å²) in [7, 11) is -3.92. The Morgan fingerprint density at radius 3 is 1.48 bits per heavy atom. The average molecular weight is 379 g/mol. The van der Waals surface area contributed by atoms with E-state index in [1.165, 1.54) is 38.5 Å². The van der Waals surface area contributed by atoms with Crippen molar-refractivity contribution in [2.24, 2.45) is 0 Å². The van der Waals surface area contributed by atoms with E-state index in [1.54, 1.807) is 0 Å². The van der Waals surface area contributed by atoms with Gasteiger partial charge in [-0.1, -0.05) is 90.9 Å². The zero-order valence-electron chi connectivity index (χ0n) is 16.6. The minimum absolute atomic E-state index is 0.201. The van der Waals surface area contributed by atoms with Crippen molar-refractivity contribution in [3.63, 3.8) is 0 Å². The van der Waals surface area contributed by atoms with Crippen molar-refractivity contribution >= 4 is 10.1 Å². The fourth-order valence-electron chi connectivity index (χ4n) is 3.26. The summed E-state index contributed by atoms with van der Waals surface area (Å²) in [6, 6.07) is 0. The molecule has 0 rings (SSSR count). The van der Waals surface area contributed by atoms with Crippen LogP contribution >= 0.6 is 0 Å². The second-order valence-corrected chi connectivity index (χ2v) is 9.15. The SMILES string of the molecule is CCCCCCCCCCC(CCCCCCC(O)CC)S(=O)(=O)O. The van der Waals surface area contributed by atoms with Gasteiger partial charge in [-0.3, -0.25) is 4.55 Å². The van der Waals surface area contributed by atoms with E-state index in [-0.39, 0.29) is 6.10 Å². The van der Waals surface area contributed by atoms with Crippen molar-refractivity contribution in [2.75, 3.05) is 0 Å². The third-order valence-electron chi connectivity index (χ3n) is 5.09. The van der Waals surface area contributed by atoms with Gasteiger partial charge < -0.3 is 5.11 Å². The number of hydrogen-bond acceptors (Lipinski definition) is 3. The van der Waals surface area contributed by atoms with Gasteiger partial charge in [0.25, 0.3) is 10.1 Å². The van der Waals surface area contributed by atoms with Gasteiger partial charge in [-0.2, -0.15) is 8.42 Å². The lowest BCUT2D eigenvalue weighted by molar-refractivity contribution is 0.156. The molecule has 0 saturated heterocycles. The van der Waals surface area contributed by atoms with Gasteiger partial charge in [-0.15, -0.1) is 0 Å². The Balaban J connectivity index is 3.77. The third-order valence-corrected chi connectivity index (χ3v) is 6.40. The summed E-state index contributed by atoms with van der Waals surface area (Å²) in [5, 5.41) is 8.91. The van der Waals surface area contributed by atoms with Crippen LogP contribution in [0.15, 0.2) is 0 Å². The van der Waals surface area contributed by atoms with E-state index in [9.17, 15) is 18.1 Å². The molecular formula is C20H42O4S. The fraction of sp³-hybridized carbons (Fsp3) is 1.00. The summed E-state index contributed by atoms with van der Waals surface area (Å²) >= 11 is 0. The van der Waals surface area contributed by atoms with Gasteiger partial charge >= 0.3 is 0 Å². The lowest BCUT2D eigenvalue weighted by Crippen LogP contribution is -2.20. The Labute approximate surface area is 156 Å². The molecule has 0 heterocycles. The molecule has 0 aliphatic rings. The number of unbranched alkanes of at least 4 members (excludes halogenated alkanes) is 10. The highest BCUT2D eigenvalue weighted by molar-refractivity contribution is 7.86. The minimum Gasteiger partial charge on any atom is -0.393 e. The van der Waals surface area contributed by atoms with Crippen LogP contribution in [0.25, 0.3) is 0 Å².